The summed E-state index contributed by atoms with van der Waals surface area (Å²) in [6.07, 6.45) is 15.2. The molecule has 2 saturated carbocycles. The topological polar surface area (TPSA) is 54.7 Å². The van der Waals surface area contributed by atoms with Gasteiger partial charge in [0.05, 0.1) is 17.5 Å². The second-order valence-electron chi connectivity index (χ2n) is 11.8. The largest absolute Gasteiger partial charge is 0.353 e. The molecule has 1 aromatic rings. The fraction of sp³-hybridized carbons (Fsp3) is 0.742. The van der Waals surface area contributed by atoms with E-state index in [1.807, 2.05) is 6.07 Å². The zero-order valence-electron chi connectivity index (χ0n) is 22.9. The van der Waals surface area contributed by atoms with Gasteiger partial charge in [-0.15, -0.1) is 0 Å². The van der Waals surface area contributed by atoms with Crippen LogP contribution in [0.2, 0.25) is 0 Å². The molecule has 4 rings (SSSR count). The molecule has 3 aliphatic rings. The Morgan fingerprint density at radius 2 is 1.61 bits per heavy atom. The molecule has 1 saturated heterocycles. The zero-order chi connectivity index (χ0) is 25.2. The molecular weight excluding hydrogens is 442 g/mol. The third-order valence-corrected chi connectivity index (χ3v) is 9.01. The summed E-state index contributed by atoms with van der Waals surface area (Å²) in [5, 5.41) is 14.1. The summed E-state index contributed by atoms with van der Waals surface area (Å²) in [6.45, 7) is 9.74. The van der Waals surface area contributed by atoms with Gasteiger partial charge in [0.25, 0.3) is 0 Å². The molecule has 198 valence electrons. The van der Waals surface area contributed by atoms with Crippen molar-refractivity contribution in [2.45, 2.75) is 108 Å². The molecule has 5 heteroatoms. The predicted octanol–water partition coefficient (Wildman–Crippen LogP) is 6.11. The van der Waals surface area contributed by atoms with Crippen LogP contribution < -0.4 is 5.32 Å². The molecule has 3 fully saturated rings. The molecule has 5 nitrogen and oxygen atoms in total. The molecule has 1 unspecified atom stereocenters. The van der Waals surface area contributed by atoms with Crippen LogP contribution in [0.15, 0.2) is 35.3 Å². The third-order valence-electron chi connectivity index (χ3n) is 9.01. The van der Waals surface area contributed by atoms with Crippen molar-refractivity contribution in [1.29, 1.82) is 5.26 Å². The van der Waals surface area contributed by atoms with Crippen LogP contribution >= 0.6 is 0 Å². The lowest BCUT2D eigenvalue weighted by molar-refractivity contribution is 0.170. The Morgan fingerprint density at radius 3 is 2.22 bits per heavy atom. The molecule has 1 aliphatic heterocycles. The van der Waals surface area contributed by atoms with Crippen molar-refractivity contribution in [3.05, 3.63) is 35.9 Å². The molecule has 0 spiro atoms. The van der Waals surface area contributed by atoms with Crippen molar-refractivity contribution in [2.24, 2.45) is 10.9 Å². The minimum Gasteiger partial charge on any atom is -0.353 e. The number of guanidine groups is 1. The minimum absolute atomic E-state index is 0.297. The van der Waals surface area contributed by atoms with Gasteiger partial charge in [-0.3, -0.25) is 4.90 Å². The highest BCUT2D eigenvalue weighted by Crippen LogP contribution is 2.36. The standard InChI is InChI=1S/C31H49N5/c1-26(2)31(25-32,27-13-6-3-7-14-27)19-12-20-35-21-23-36(24-22-35)30(33-28-15-8-4-9-16-28)34-29-17-10-5-11-18-29/h3,6-7,13-14,26,28-29H,4-5,8-12,15-24H2,1-2H3,(H,33,34). The average Bonchev–Trinajstić information content (AvgIpc) is 2.93. The highest BCUT2D eigenvalue weighted by atomic mass is 15.4. The number of hydrogen-bond acceptors (Lipinski definition) is 3. The monoisotopic (exact) mass is 491 g/mol. The van der Waals surface area contributed by atoms with Crippen LogP contribution in [-0.4, -0.2) is 60.6 Å². The van der Waals surface area contributed by atoms with Gasteiger partial charge in [0.2, 0.25) is 0 Å². The molecule has 1 N–H and O–H groups in total. The van der Waals surface area contributed by atoms with Crippen molar-refractivity contribution in [2.75, 3.05) is 32.7 Å². The van der Waals surface area contributed by atoms with Gasteiger partial charge in [0.15, 0.2) is 5.96 Å². The van der Waals surface area contributed by atoms with E-state index in [-0.39, 0.29) is 0 Å². The number of benzene rings is 1. The van der Waals surface area contributed by atoms with E-state index in [2.05, 4.69) is 59.3 Å². The number of aliphatic imine (C=N–C) groups is 1. The molecule has 0 radical (unpaired) electrons. The number of hydrogen-bond donors (Lipinski definition) is 1. The maximum atomic E-state index is 10.2. The van der Waals surface area contributed by atoms with Gasteiger partial charge < -0.3 is 10.2 Å². The van der Waals surface area contributed by atoms with Crippen LogP contribution in [0.5, 0.6) is 0 Å². The maximum Gasteiger partial charge on any atom is 0.194 e. The maximum absolute atomic E-state index is 10.2. The first kappa shape index (κ1) is 27.0. The highest BCUT2D eigenvalue weighted by molar-refractivity contribution is 5.80. The molecule has 0 bridgehead atoms. The van der Waals surface area contributed by atoms with Crippen molar-refractivity contribution in [3.8, 4) is 6.07 Å². The molecule has 1 atom stereocenters. The van der Waals surface area contributed by atoms with E-state index < -0.39 is 5.41 Å². The molecule has 2 aliphatic carbocycles. The highest BCUT2D eigenvalue weighted by Gasteiger charge is 2.35. The fourth-order valence-electron chi connectivity index (χ4n) is 6.54. The molecule has 1 heterocycles. The number of nitriles is 1. The van der Waals surface area contributed by atoms with Gasteiger partial charge in [0, 0.05) is 32.2 Å². The Balaban J connectivity index is 1.31. The van der Waals surface area contributed by atoms with Crippen LogP contribution in [0.1, 0.15) is 96.5 Å². The molecule has 36 heavy (non-hydrogen) atoms. The van der Waals surface area contributed by atoms with Crippen molar-refractivity contribution in [3.63, 3.8) is 0 Å². The fourth-order valence-corrected chi connectivity index (χ4v) is 6.54. The summed E-state index contributed by atoms with van der Waals surface area (Å²) < 4.78 is 0. The molecule has 0 aromatic heterocycles. The summed E-state index contributed by atoms with van der Waals surface area (Å²) in [6, 6.07) is 14.3. The number of piperazine rings is 1. The lowest BCUT2D eigenvalue weighted by atomic mass is 9.70. The average molecular weight is 492 g/mol. The van der Waals surface area contributed by atoms with Gasteiger partial charge in [-0.05, 0) is 56.6 Å². The SMILES string of the molecule is CC(C)C(C#N)(CCCN1CCN(C(=NC2CCCCC2)NC2CCCCC2)CC1)c1ccccc1. The Bertz CT molecular complexity index is 839. The van der Waals surface area contributed by atoms with Crippen LogP contribution in [0.4, 0.5) is 0 Å². The predicted molar refractivity (Wildman–Crippen MR) is 150 cm³/mol. The van der Waals surface area contributed by atoms with Crippen molar-refractivity contribution in [1.82, 2.24) is 15.1 Å². The summed E-state index contributed by atoms with van der Waals surface area (Å²) in [4.78, 5) is 10.5. The minimum atomic E-state index is -0.396. The van der Waals surface area contributed by atoms with E-state index in [0.29, 0.717) is 18.0 Å². The van der Waals surface area contributed by atoms with E-state index in [1.165, 1.54) is 75.7 Å². The van der Waals surface area contributed by atoms with Crippen molar-refractivity contribution >= 4 is 5.96 Å². The summed E-state index contributed by atoms with van der Waals surface area (Å²) in [7, 11) is 0. The first-order chi connectivity index (χ1) is 17.6. The first-order valence-corrected chi connectivity index (χ1v) is 14.9. The van der Waals surface area contributed by atoms with E-state index in [9.17, 15) is 5.26 Å². The third kappa shape index (κ3) is 7.03. The molecule has 1 aromatic carbocycles. The lowest BCUT2D eigenvalue weighted by Gasteiger charge is -2.39. The number of nitrogens with one attached hydrogen (secondary N) is 1. The molecular formula is C31H49N5. The van der Waals surface area contributed by atoms with Crippen LogP contribution in [0, 0.1) is 17.2 Å². The quantitative estimate of drug-likeness (QED) is 0.352. The second kappa shape index (κ2) is 13.5. The van der Waals surface area contributed by atoms with Gasteiger partial charge in [-0.1, -0.05) is 82.7 Å². The zero-order valence-corrected chi connectivity index (χ0v) is 22.9. The van der Waals surface area contributed by atoms with E-state index >= 15 is 0 Å². The van der Waals surface area contributed by atoms with E-state index in [4.69, 9.17) is 4.99 Å². The smallest absolute Gasteiger partial charge is 0.194 e. The van der Waals surface area contributed by atoms with E-state index in [1.54, 1.807) is 0 Å². The van der Waals surface area contributed by atoms with Crippen LogP contribution in [-0.2, 0) is 5.41 Å². The van der Waals surface area contributed by atoms with E-state index in [0.717, 1.165) is 45.6 Å². The number of rotatable bonds is 8. The lowest BCUT2D eigenvalue weighted by Crippen LogP contribution is -2.55. The number of nitrogens with zero attached hydrogens (tertiary/aromatic N) is 4. The Hall–Kier alpha value is -2.06. The summed E-state index contributed by atoms with van der Waals surface area (Å²) in [5.74, 6) is 1.49. The normalized spacial score (nSPS) is 22.8. The van der Waals surface area contributed by atoms with Crippen molar-refractivity contribution < 1.29 is 0 Å². The first-order valence-electron chi connectivity index (χ1n) is 14.9. The Morgan fingerprint density at radius 1 is 0.972 bits per heavy atom. The van der Waals surface area contributed by atoms with Gasteiger partial charge in [-0.2, -0.15) is 5.26 Å². The van der Waals surface area contributed by atoms with Gasteiger partial charge in [0.1, 0.15) is 0 Å². The summed E-state index contributed by atoms with van der Waals surface area (Å²) >= 11 is 0. The van der Waals surface area contributed by atoms with Gasteiger partial charge >= 0.3 is 0 Å². The molecule has 0 amide bonds. The van der Waals surface area contributed by atoms with Crippen LogP contribution in [0.25, 0.3) is 0 Å². The van der Waals surface area contributed by atoms with Gasteiger partial charge in [-0.25, -0.2) is 4.99 Å². The summed E-state index contributed by atoms with van der Waals surface area (Å²) in [5.41, 5.74) is 0.775. The van der Waals surface area contributed by atoms with Crippen LogP contribution in [0.3, 0.4) is 0 Å². The Kier molecular flexibility index (Phi) is 10.1. The second-order valence-corrected chi connectivity index (χ2v) is 11.8. The Labute approximate surface area is 220 Å².